The highest BCUT2D eigenvalue weighted by Gasteiger charge is 2.17. The van der Waals surface area contributed by atoms with Gasteiger partial charge in [-0.3, -0.25) is 0 Å². The molecule has 3 nitrogen and oxygen atoms in total. The third-order valence-corrected chi connectivity index (χ3v) is 3.44. The second-order valence-corrected chi connectivity index (χ2v) is 4.71. The number of nitrogens with two attached hydrogens (primary N) is 1. The summed E-state index contributed by atoms with van der Waals surface area (Å²) in [5, 5.41) is 0. The molecule has 2 N–H and O–H groups in total. The number of hydrogen-bond donors (Lipinski definition) is 1. The minimum absolute atomic E-state index is 0.0456. The maximum Gasteiger partial charge on any atom is 0.123 e. The Hall–Kier alpha value is -1.06. The summed E-state index contributed by atoms with van der Waals surface area (Å²) in [7, 11) is 1.70. The van der Waals surface area contributed by atoms with Gasteiger partial charge in [0.1, 0.15) is 5.75 Å². The Morgan fingerprint density at radius 2 is 1.94 bits per heavy atom. The van der Waals surface area contributed by atoms with E-state index in [2.05, 4.69) is 11.0 Å². The van der Waals surface area contributed by atoms with Crippen LogP contribution in [0, 0.1) is 0 Å². The molecule has 0 spiro atoms. The van der Waals surface area contributed by atoms with Gasteiger partial charge in [-0.2, -0.15) is 0 Å². The van der Waals surface area contributed by atoms with Crippen molar-refractivity contribution in [2.24, 2.45) is 5.73 Å². The van der Waals surface area contributed by atoms with Crippen molar-refractivity contribution in [1.82, 2.24) is 4.90 Å². The molecule has 1 fully saturated rings. The quantitative estimate of drug-likeness (QED) is 0.868. The van der Waals surface area contributed by atoms with Crippen LogP contribution in [0.25, 0.3) is 0 Å². The molecule has 1 atom stereocenters. The van der Waals surface area contributed by atoms with E-state index in [4.69, 9.17) is 10.5 Å². The molecule has 94 valence electrons. The van der Waals surface area contributed by atoms with Crippen LogP contribution >= 0.6 is 0 Å². The summed E-state index contributed by atoms with van der Waals surface area (Å²) in [5.74, 6) is 0.900. The van der Waals surface area contributed by atoms with Gasteiger partial charge < -0.3 is 15.4 Å². The van der Waals surface area contributed by atoms with Gasteiger partial charge in [0, 0.05) is 18.2 Å². The lowest BCUT2D eigenvalue weighted by atomic mass is 10.0. The number of benzene rings is 1. The van der Waals surface area contributed by atoms with Gasteiger partial charge in [0.05, 0.1) is 7.11 Å². The number of methoxy groups -OCH3 is 1. The molecule has 17 heavy (non-hydrogen) atoms. The van der Waals surface area contributed by atoms with Gasteiger partial charge in [0.15, 0.2) is 0 Å². The van der Waals surface area contributed by atoms with Crippen LogP contribution < -0.4 is 10.5 Å². The Kier molecular flexibility index (Phi) is 4.40. The number of hydrogen-bond acceptors (Lipinski definition) is 3. The lowest BCUT2D eigenvalue weighted by Crippen LogP contribution is -2.36. The Labute approximate surface area is 104 Å². The molecular formula is C14H22N2O. The molecular weight excluding hydrogens is 212 g/mol. The van der Waals surface area contributed by atoms with E-state index in [1.165, 1.54) is 32.4 Å². The maximum absolute atomic E-state index is 6.28. The Morgan fingerprint density at radius 1 is 1.24 bits per heavy atom. The minimum atomic E-state index is 0.0456. The molecule has 1 aromatic carbocycles. The first-order chi connectivity index (χ1) is 8.31. The monoisotopic (exact) mass is 234 g/mol. The van der Waals surface area contributed by atoms with Gasteiger partial charge >= 0.3 is 0 Å². The van der Waals surface area contributed by atoms with Crippen LogP contribution in [0.1, 0.15) is 30.9 Å². The van der Waals surface area contributed by atoms with Gasteiger partial charge in [0.25, 0.3) is 0 Å². The van der Waals surface area contributed by atoms with E-state index in [-0.39, 0.29) is 6.04 Å². The van der Waals surface area contributed by atoms with E-state index in [1.807, 2.05) is 18.2 Å². The van der Waals surface area contributed by atoms with E-state index in [1.54, 1.807) is 7.11 Å². The van der Waals surface area contributed by atoms with Gasteiger partial charge in [-0.1, -0.05) is 24.6 Å². The fourth-order valence-corrected chi connectivity index (χ4v) is 2.49. The second kappa shape index (κ2) is 6.03. The van der Waals surface area contributed by atoms with Crippen molar-refractivity contribution < 1.29 is 4.74 Å². The number of para-hydroxylation sites is 1. The molecule has 1 saturated heterocycles. The molecule has 2 rings (SSSR count). The highest BCUT2D eigenvalue weighted by atomic mass is 16.5. The largest absolute Gasteiger partial charge is 0.496 e. The zero-order chi connectivity index (χ0) is 12.1. The van der Waals surface area contributed by atoms with Crippen molar-refractivity contribution in [2.75, 3.05) is 26.7 Å². The minimum Gasteiger partial charge on any atom is -0.496 e. The fraction of sp³-hybridized carbons (Fsp3) is 0.571. The maximum atomic E-state index is 6.28. The highest BCUT2D eigenvalue weighted by Crippen LogP contribution is 2.24. The van der Waals surface area contributed by atoms with Crippen LogP contribution in [0.15, 0.2) is 24.3 Å². The molecule has 0 amide bonds. The third kappa shape index (κ3) is 3.20. The van der Waals surface area contributed by atoms with Crippen molar-refractivity contribution in [3.63, 3.8) is 0 Å². The van der Waals surface area contributed by atoms with Crippen LogP contribution in [0.5, 0.6) is 5.75 Å². The summed E-state index contributed by atoms with van der Waals surface area (Å²) in [6, 6.07) is 8.09. The number of likely N-dealkylation sites (tertiary alicyclic amines) is 1. The van der Waals surface area contributed by atoms with Gasteiger partial charge in [-0.15, -0.1) is 0 Å². The molecule has 3 heteroatoms. The molecule has 1 aliphatic rings. The van der Waals surface area contributed by atoms with Crippen LogP contribution in [-0.4, -0.2) is 31.6 Å². The molecule has 0 saturated carbocycles. The first-order valence-corrected chi connectivity index (χ1v) is 6.42. The normalized spacial score (nSPS) is 18.9. The SMILES string of the molecule is COc1ccccc1C(N)CN1CCCCC1. The Balaban J connectivity index is 2.00. The second-order valence-electron chi connectivity index (χ2n) is 4.71. The van der Waals surface area contributed by atoms with Crippen molar-refractivity contribution in [1.29, 1.82) is 0 Å². The van der Waals surface area contributed by atoms with Crippen LogP contribution in [-0.2, 0) is 0 Å². The lowest BCUT2D eigenvalue weighted by molar-refractivity contribution is 0.215. The van der Waals surface area contributed by atoms with E-state index in [0.29, 0.717) is 0 Å². The summed E-state index contributed by atoms with van der Waals surface area (Å²) >= 11 is 0. The van der Waals surface area contributed by atoms with Crippen LogP contribution in [0.4, 0.5) is 0 Å². The summed E-state index contributed by atoms with van der Waals surface area (Å²) in [4.78, 5) is 2.46. The topological polar surface area (TPSA) is 38.5 Å². The van der Waals surface area contributed by atoms with Crippen molar-refractivity contribution in [3.8, 4) is 5.75 Å². The first kappa shape index (κ1) is 12.4. The Morgan fingerprint density at radius 3 is 2.65 bits per heavy atom. The number of ether oxygens (including phenoxy) is 1. The number of rotatable bonds is 4. The number of nitrogens with zero attached hydrogens (tertiary/aromatic N) is 1. The smallest absolute Gasteiger partial charge is 0.123 e. The Bertz CT molecular complexity index is 348. The fourth-order valence-electron chi connectivity index (χ4n) is 2.49. The highest BCUT2D eigenvalue weighted by molar-refractivity contribution is 5.35. The first-order valence-electron chi connectivity index (χ1n) is 6.42. The van der Waals surface area contributed by atoms with Crippen LogP contribution in [0.2, 0.25) is 0 Å². The number of piperidine rings is 1. The molecule has 1 aromatic rings. The summed E-state index contributed by atoms with van der Waals surface area (Å²) in [6.45, 7) is 3.30. The van der Waals surface area contributed by atoms with Crippen molar-refractivity contribution in [3.05, 3.63) is 29.8 Å². The molecule has 0 aliphatic carbocycles. The molecule has 1 heterocycles. The summed E-state index contributed by atoms with van der Waals surface area (Å²) in [5.41, 5.74) is 7.39. The van der Waals surface area contributed by atoms with Crippen molar-refractivity contribution >= 4 is 0 Å². The van der Waals surface area contributed by atoms with Gasteiger partial charge in [0.2, 0.25) is 0 Å². The molecule has 1 aliphatic heterocycles. The zero-order valence-electron chi connectivity index (χ0n) is 10.6. The average molecular weight is 234 g/mol. The lowest BCUT2D eigenvalue weighted by Gasteiger charge is -2.29. The molecule has 0 radical (unpaired) electrons. The van der Waals surface area contributed by atoms with E-state index in [9.17, 15) is 0 Å². The van der Waals surface area contributed by atoms with E-state index < -0.39 is 0 Å². The van der Waals surface area contributed by atoms with Crippen LogP contribution in [0.3, 0.4) is 0 Å². The molecule has 1 unspecified atom stereocenters. The predicted molar refractivity (Wildman–Crippen MR) is 70.2 cm³/mol. The van der Waals surface area contributed by atoms with E-state index >= 15 is 0 Å². The average Bonchev–Trinajstić information content (AvgIpc) is 2.40. The van der Waals surface area contributed by atoms with Gasteiger partial charge in [-0.05, 0) is 32.0 Å². The third-order valence-electron chi connectivity index (χ3n) is 3.44. The predicted octanol–water partition coefficient (Wildman–Crippen LogP) is 2.18. The zero-order valence-corrected chi connectivity index (χ0v) is 10.6. The van der Waals surface area contributed by atoms with Crippen molar-refractivity contribution in [2.45, 2.75) is 25.3 Å². The summed E-state index contributed by atoms with van der Waals surface area (Å²) in [6.07, 6.45) is 3.97. The molecule has 0 aromatic heterocycles. The standard InChI is InChI=1S/C14H22N2O/c1-17-14-8-4-3-7-12(14)13(15)11-16-9-5-2-6-10-16/h3-4,7-8,13H,2,5-6,9-11,15H2,1H3. The molecule has 0 bridgehead atoms. The van der Waals surface area contributed by atoms with E-state index in [0.717, 1.165) is 17.9 Å². The van der Waals surface area contributed by atoms with Gasteiger partial charge in [-0.25, -0.2) is 0 Å². The summed E-state index contributed by atoms with van der Waals surface area (Å²) < 4.78 is 5.36.